The first kappa shape index (κ1) is 30.8. The Labute approximate surface area is 241 Å². The van der Waals surface area contributed by atoms with Crippen LogP contribution in [0, 0.1) is 11.8 Å². The van der Waals surface area contributed by atoms with E-state index in [1.807, 2.05) is 64.1 Å². The van der Waals surface area contributed by atoms with Gasteiger partial charge in [0.15, 0.2) is 5.96 Å². The maximum absolute atomic E-state index is 13.5. The Kier molecular flexibility index (Phi) is 8.25. The molecule has 2 amide bonds. The van der Waals surface area contributed by atoms with Gasteiger partial charge in [0.1, 0.15) is 11.4 Å². The van der Waals surface area contributed by atoms with Crippen molar-refractivity contribution in [2.45, 2.75) is 76.4 Å². The molecule has 1 aromatic carbocycles. The van der Waals surface area contributed by atoms with Gasteiger partial charge in [-0.05, 0) is 57.7 Å². The van der Waals surface area contributed by atoms with Crippen molar-refractivity contribution in [3.63, 3.8) is 0 Å². The number of ether oxygens (including phenoxy) is 1. The van der Waals surface area contributed by atoms with Crippen molar-refractivity contribution in [3.8, 4) is 5.75 Å². The number of fused-ring (bicyclic) bond motifs is 1. The third-order valence-corrected chi connectivity index (χ3v) is 7.34. The van der Waals surface area contributed by atoms with E-state index >= 15 is 0 Å². The van der Waals surface area contributed by atoms with Gasteiger partial charge < -0.3 is 20.9 Å². The van der Waals surface area contributed by atoms with Crippen LogP contribution in [0.15, 0.2) is 53.8 Å². The molecule has 5 rings (SSSR count). The first-order chi connectivity index (χ1) is 19.5. The van der Waals surface area contributed by atoms with Crippen LogP contribution in [0.4, 0.5) is 13.2 Å². The smallest absolute Gasteiger partial charge is 0.487 e. The standard InChI is InChI=1S/C27H33N5O3.C2HF3O2/c1-26(2)14-22(33)32(25(28)31-26)23(16-8-7-11-29-15-16)18-12-19(18)24(34)30-20-13-27(3,4)35-21-10-6-5-9-17(20)21;3-2(4,5)1(6)7/h5-11,15,18-20,23H,12-14H2,1-4H3,(H2,28,31)(H,30,34);(H,6,7)/t18-,19-,20+,23?;/m1./s1. The van der Waals surface area contributed by atoms with Crippen LogP contribution in [0.25, 0.3) is 0 Å². The van der Waals surface area contributed by atoms with Gasteiger partial charge in [-0.2, -0.15) is 13.2 Å². The summed E-state index contributed by atoms with van der Waals surface area (Å²) in [6.07, 6.45) is -0.0311. The average molecular weight is 590 g/mol. The molecule has 1 saturated carbocycles. The van der Waals surface area contributed by atoms with E-state index in [9.17, 15) is 22.8 Å². The first-order valence-electron chi connectivity index (χ1n) is 13.4. The van der Waals surface area contributed by atoms with Crippen molar-refractivity contribution in [1.29, 1.82) is 0 Å². The number of aliphatic carboxylic acids is 1. The summed E-state index contributed by atoms with van der Waals surface area (Å²) in [4.78, 5) is 46.0. The molecular weight excluding hydrogens is 555 g/mol. The molecule has 226 valence electrons. The Morgan fingerprint density at radius 2 is 1.83 bits per heavy atom. The molecule has 13 heteroatoms. The fourth-order valence-corrected chi connectivity index (χ4v) is 5.50. The molecule has 1 unspecified atom stereocenters. The minimum atomic E-state index is -5.08. The number of aromatic nitrogens is 1. The van der Waals surface area contributed by atoms with Gasteiger partial charge in [-0.15, -0.1) is 0 Å². The second-order valence-corrected chi connectivity index (χ2v) is 11.9. The summed E-state index contributed by atoms with van der Waals surface area (Å²) < 4.78 is 37.9. The van der Waals surface area contributed by atoms with Crippen molar-refractivity contribution in [2.75, 3.05) is 0 Å². The molecule has 10 nitrogen and oxygen atoms in total. The van der Waals surface area contributed by atoms with E-state index in [4.69, 9.17) is 20.4 Å². The summed E-state index contributed by atoms with van der Waals surface area (Å²) in [5.74, 6) is -2.14. The Hall–Kier alpha value is -4.16. The fourth-order valence-electron chi connectivity index (χ4n) is 5.50. The SMILES string of the molecule is CC1(C)CC(=O)N(C(c2cccnc2)[C@@H]2C[C@H]2C(=O)N[C@H]2CC(C)(C)Oc3ccccc32)C(N)=N1.O=C(O)C(F)(F)F. The number of alkyl halides is 3. The Morgan fingerprint density at radius 1 is 1.17 bits per heavy atom. The summed E-state index contributed by atoms with van der Waals surface area (Å²) in [6.45, 7) is 7.86. The van der Waals surface area contributed by atoms with Crippen molar-refractivity contribution in [1.82, 2.24) is 15.2 Å². The highest BCUT2D eigenvalue weighted by atomic mass is 19.4. The zero-order valence-corrected chi connectivity index (χ0v) is 23.7. The lowest BCUT2D eigenvalue weighted by Gasteiger charge is -2.38. The summed E-state index contributed by atoms with van der Waals surface area (Å²) in [5, 5.41) is 10.4. The van der Waals surface area contributed by atoms with Gasteiger partial charge in [-0.25, -0.2) is 9.79 Å². The second-order valence-electron chi connectivity index (χ2n) is 11.9. The molecule has 0 radical (unpaired) electrons. The third-order valence-electron chi connectivity index (χ3n) is 7.34. The summed E-state index contributed by atoms with van der Waals surface area (Å²) >= 11 is 0. The maximum Gasteiger partial charge on any atom is 0.490 e. The van der Waals surface area contributed by atoms with Crippen molar-refractivity contribution in [2.24, 2.45) is 22.6 Å². The molecule has 4 atom stereocenters. The van der Waals surface area contributed by atoms with E-state index in [-0.39, 0.29) is 53.7 Å². The number of aliphatic imine (C=N–C) groups is 1. The van der Waals surface area contributed by atoms with E-state index < -0.39 is 17.7 Å². The van der Waals surface area contributed by atoms with Gasteiger partial charge in [0.2, 0.25) is 11.8 Å². The van der Waals surface area contributed by atoms with Gasteiger partial charge >= 0.3 is 12.1 Å². The molecule has 0 spiro atoms. The van der Waals surface area contributed by atoms with Crippen molar-refractivity contribution >= 4 is 23.7 Å². The van der Waals surface area contributed by atoms with E-state index in [0.29, 0.717) is 12.8 Å². The highest BCUT2D eigenvalue weighted by Crippen LogP contribution is 2.51. The minimum absolute atomic E-state index is 0.0123. The second kappa shape index (κ2) is 11.3. The average Bonchev–Trinajstić information content (AvgIpc) is 3.66. The highest BCUT2D eigenvalue weighted by Gasteiger charge is 2.53. The molecule has 2 aromatic rings. The molecule has 0 saturated heterocycles. The molecule has 1 aliphatic carbocycles. The number of benzene rings is 1. The number of amides is 2. The quantitative estimate of drug-likeness (QED) is 0.475. The lowest BCUT2D eigenvalue weighted by Crippen LogP contribution is -2.52. The van der Waals surface area contributed by atoms with Crippen LogP contribution in [-0.4, -0.2) is 56.0 Å². The largest absolute Gasteiger partial charge is 0.490 e. The number of nitrogens with zero attached hydrogens (tertiary/aromatic N) is 3. The van der Waals surface area contributed by atoms with E-state index in [0.717, 1.165) is 16.9 Å². The number of hydrogen-bond acceptors (Lipinski definition) is 7. The van der Waals surface area contributed by atoms with Gasteiger partial charge in [-0.1, -0.05) is 24.3 Å². The van der Waals surface area contributed by atoms with Crippen LogP contribution in [0.3, 0.4) is 0 Å². The number of carbonyl (C=O) groups excluding carboxylic acids is 2. The maximum atomic E-state index is 13.5. The molecular formula is C29H34F3N5O5. The minimum Gasteiger partial charge on any atom is -0.487 e. The molecule has 0 bridgehead atoms. The highest BCUT2D eigenvalue weighted by molar-refractivity contribution is 5.99. The zero-order chi connectivity index (χ0) is 31.0. The fraction of sp³-hybridized carbons (Fsp3) is 0.483. The van der Waals surface area contributed by atoms with Crippen LogP contribution in [-0.2, 0) is 14.4 Å². The molecule has 1 aromatic heterocycles. The number of guanidine groups is 1. The zero-order valence-electron chi connectivity index (χ0n) is 23.7. The number of carboxylic acids is 1. The molecule has 1 fully saturated rings. The van der Waals surface area contributed by atoms with Gasteiger partial charge in [0.05, 0.1) is 24.0 Å². The van der Waals surface area contributed by atoms with E-state index in [1.165, 1.54) is 0 Å². The Morgan fingerprint density at radius 3 is 2.43 bits per heavy atom. The van der Waals surface area contributed by atoms with Gasteiger partial charge in [0, 0.05) is 30.3 Å². The summed E-state index contributed by atoms with van der Waals surface area (Å²) in [7, 11) is 0. The Balaban J connectivity index is 0.000000517. The number of hydrogen-bond donors (Lipinski definition) is 3. The van der Waals surface area contributed by atoms with Crippen LogP contribution in [0.5, 0.6) is 5.75 Å². The summed E-state index contributed by atoms with van der Waals surface area (Å²) in [6, 6.07) is 11.1. The number of carboxylic acid groups (broad SMARTS) is 1. The van der Waals surface area contributed by atoms with E-state index in [1.54, 1.807) is 17.3 Å². The number of para-hydroxylation sites is 1. The molecule has 4 N–H and O–H groups in total. The van der Waals surface area contributed by atoms with E-state index in [2.05, 4.69) is 15.3 Å². The number of carbonyl (C=O) groups is 3. The van der Waals surface area contributed by atoms with Gasteiger partial charge in [0.25, 0.3) is 0 Å². The van der Waals surface area contributed by atoms with Crippen molar-refractivity contribution in [3.05, 3.63) is 59.9 Å². The summed E-state index contributed by atoms with van der Waals surface area (Å²) in [5.41, 5.74) is 7.25. The lowest BCUT2D eigenvalue weighted by molar-refractivity contribution is -0.192. The Bertz CT molecular complexity index is 1380. The van der Waals surface area contributed by atoms with Crippen LogP contribution < -0.4 is 15.8 Å². The number of nitrogens with two attached hydrogens (primary N) is 1. The number of pyridine rings is 1. The predicted octanol–water partition coefficient (Wildman–Crippen LogP) is 4.14. The molecule has 3 heterocycles. The predicted molar refractivity (Wildman–Crippen MR) is 146 cm³/mol. The third kappa shape index (κ3) is 7.00. The number of halogens is 3. The van der Waals surface area contributed by atoms with Crippen LogP contribution in [0.1, 0.15) is 70.2 Å². The first-order valence-corrected chi connectivity index (χ1v) is 13.4. The topological polar surface area (TPSA) is 147 Å². The number of nitrogens with one attached hydrogen (secondary N) is 1. The van der Waals surface area contributed by atoms with Crippen LogP contribution in [0.2, 0.25) is 0 Å². The van der Waals surface area contributed by atoms with Crippen LogP contribution >= 0.6 is 0 Å². The molecule has 2 aliphatic heterocycles. The lowest BCUT2D eigenvalue weighted by atomic mass is 9.89. The van der Waals surface area contributed by atoms with Gasteiger partial charge in [-0.3, -0.25) is 19.5 Å². The molecule has 3 aliphatic rings. The number of rotatable bonds is 5. The molecule has 42 heavy (non-hydrogen) atoms. The van der Waals surface area contributed by atoms with Crippen molar-refractivity contribution < 1.29 is 37.4 Å². The monoisotopic (exact) mass is 589 g/mol. The normalized spacial score (nSPS) is 24.5.